The molecular formula is C16H14BrF3O. The zero-order valence-corrected chi connectivity index (χ0v) is 12.7. The molecule has 0 saturated heterocycles. The van der Waals surface area contributed by atoms with Crippen molar-refractivity contribution in [1.82, 2.24) is 0 Å². The second kappa shape index (κ2) is 6.62. The maximum Gasteiger partial charge on any atom is 0.416 e. The Morgan fingerprint density at radius 1 is 0.952 bits per heavy atom. The van der Waals surface area contributed by atoms with Crippen LogP contribution in [-0.2, 0) is 12.6 Å². The van der Waals surface area contributed by atoms with Crippen LogP contribution in [0.4, 0.5) is 13.2 Å². The maximum absolute atomic E-state index is 12.5. The molecule has 21 heavy (non-hydrogen) atoms. The van der Waals surface area contributed by atoms with E-state index >= 15 is 0 Å². The van der Waals surface area contributed by atoms with Crippen molar-refractivity contribution in [2.45, 2.75) is 18.5 Å². The van der Waals surface area contributed by atoms with Gasteiger partial charge in [-0.1, -0.05) is 40.2 Å². The van der Waals surface area contributed by atoms with Crippen molar-refractivity contribution in [2.75, 3.05) is 6.61 Å². The number of hydrogen-bond acceptors (Lipinski definition) is 1. The number of aliphatic hydroxyl groups excluding tert-OH is 1. The van der Waals surface area contributed by atoms with Gasteiger partial charge in [0.2, 0.25) is 0 Å². The molecule has 0 saturated carbocycles. The normalized spacial score (nSPS) is 13.2. The summed E-state index contributed by atoms with van der Waals surface area (Å²) in [6.07, 6.45) is -3.82. The Morgan fingerprint density at radius 2 is 1.52 bits per heavy atom. The van der Waals surface area contributed by atoms with E-state index in [2.05, 4.69) is 15.9 Å². The van der Waals surface area contributed by atoms with Crippen LogP contribution in [0.5, 0.6) is 0 Å². The molecular weight excluding hydrogens is 345 g/mol. The lowest BCUT2D eigenvalue weighted by atomic mass is 9.92. The van der Waals surface area contributed by atoms with Gasteiger partial charge in [0.05, 0.1) is 12.2 Å². The molecule has 0 heterocycles. The summed E-state index contributed by atoms with van der Waals surface area (Å²) in [4.78, 5) is 0. The fourth-order valence-corrected chi connectivity index (χ4v) is 2.40. The molecule has 0 aliphatic rings. The molecule has 0 fully saturated rings. The quantitative estimate of drug-likeness (QED) is 0.833. The van der Waals surface area contributed by atoms with E-state index in [1.54, 1.807) is 0 Å². The summed E-state index contributed by atoms with van der Waals surface area (Å²) in [7, 11) is 0. The lowest BCUT2D eigenvalue weighted by molar-refractivity contribution is -0.137. The van der Waals surface area contributed by atoms with E-state index in [9.17, 15) is 18.3 Å². The minimum atomic E-state index is -4.32. The minimum absolute atomic E-state index is 0.0529. The Hall–Kier alpha value is -1.33. The zero-order chi connectivity index (χ0) is 15.5. The summed E-state index contributed by atoms with van der Waals surface area (Å²) in [5.41, 5.74) is 1.07. The van der Waals surface area contributed by atoms with E-state index in [1.807, 2.05) is 24.3 Å². The van der Waals surface area contributed by atoms with Crippen molar-refractivity contribution in [3.05, 3.63) is 69.7 Å². The van der Waals surface area contributed by atoms with Gasteiger partial charge in [0.15, 0.2) is 0 Å². The first-order chi connectivity index (χ1) is 9.90. The molecule has 1 unspecified atom stereocenters. The summed E-state index contributed by atoms with van der Waals surface area (Å²) in [5, 5.41) is 9.50. The summed E-state index contributed by atoms with van der Waals surface area (Å²) >= 11 is 3.34. The summed E-state index contributed by atoms with van der Waals surface area (Å²) < 4.78 is 38.5. The van der Waals surface area contributed by atoms with Gasteiger partial charge in [0.25, 0.3) is 0 Å². The molecule has 0 aromatic heterocycles. The van der Waals surface area contributed by atoms with Crippen molar-refractivity contribution >= 4 is 15.9 Å². The number of rotatable bonds is 4. The largest absolute Gasteiger partial charge is 0.416 e. The molecule has 0 aliphatic carbocycles. The molecule has 0 aliphatic heterocycles. The molecule has 2 aromatic carbocycles. The highest BCUT2D eigenvalue weighted by Gasteiger charge is 2.30. The van der Waals surface area contributed by atoms with Crippen molar-refractivity contribution in [1.29, 1.82) is 0 Å². The SMILES string of the molecule is OCC(Cc1ccc(C(F)(F)F)cc1)c1ccc(Br)cc1. The van der Waals surface area contributed by atoms with E-state index in [0.29, 0.717) is 6.42 Å². The van der Waals surface area contributed by atoms with E-state index < -0.39 is 11.7 Å². The fourth-order valence-electron chi connectivity index (χ4n) is 2.14. The highest BCUT2D eigenvalue weighted by Crippen LogP contribution is 2.30. The van der Waals surface area contributed by atoms with E-state index in [4.69, 9.17) is 0 Å². The topological polar surface area (TPSA) is 20.2 Å². The Morgan fingerprint density at radius 3 is 2.00 bits per heavy atom. The molecule has 2 rings (SSSR count). The predicted molar refractivity (Wildman–Crippen MR) is 79.1 cm³/mol. The highest BCUT2D eigenvalue weighted by molar-refractivity contribution is 9.10. The number of benzene rings is 2. The molecule has 0 bridgehead atoms. The van der Waals surface area contributed by atoms with Crippen LogP contribution in [-0.4, -0.2) is 11.7 Å². The Kier molecular flexibility index (Phi) is 5.06. The lowest BCUT2D eigenvalue weighted by Gasteiger charge is -2.15. The highest BCUT2D eigenvalue weighted by atomic mass is 79.9. The number of aliphatic hydroxyl groups is 1. The van der Waals surface area contributed by atoms with Crippen molar-refractivity contribution in [3.63, 3.8) is 0 Å². The van der Waals surface area contributed by atoms with Crippen molar-refractivity contribution in [3.8, 4) is 0 Å². The molecule has 1 nitrogen and oxygen atoms in total. The van der Waals surface area contributed by atoms with Gasteiger partial charge in [-0.2, -0.15) is 13.2 Å². The molecule has 0 amide bonds. The minimum Gasteiger partial charge on any atom is -0.396 e. The van der Waals surface area contributed by atoms with E-state index in [-0.39, 0.29) is 12.5 Å². The van der Waals surface area contributed by atoms with Gasteiger partial charge in [-0.25, -0.2) is 0 Å². The van der Waals surface area contributed by atoms with Gasteiger partial charge in [0, 0.05) is 10.4 Å². The monoisotopic (exact) mass is 358 g/mol. The number of alkyl halides is 3. The van der Waals surface area contributed by atoms with Crippen molar-refractivity contribution in [2.24, 2.45) is 0 Å². The van der Waals surface area contributed by atoms with Gasteiger partial charge < -0.3 is 5.11 Å². The molecule has 1 atom stereocenters. The van der Waals surface area contributed by atoms with Crippen LogP contribution in [0.1, 0.15) is 22.6 Å². The fraction of sp³-hybridized carbons (Fsp3) is 0.250. The van der Waals surface area contributed by atoms with Gasteiger partial charge in [-0.05, 0) is 41.8 Å². The Bertz CT molecular complexity index is 576. The third-order valence-electron chi connectivity index (χ3n) is 3.33. The Balaban J connectivity index is 2.13. The number of halogens is 4. The standard InChI is InChI=1S/C16H14BrF3O/c17-15-7-3-12(4-8-15)13(10-21)9-11-1-5-14(6-2-11)16(18,19)20/h1-8,13,21H,9-10H2. The molecule has 1 N–H and O–H groups in total. The third-order valence-corrected chi connectivity index (χ3v) is 3.85. The molecule has 0 spiro atoms. The van der Waals surface area contributed by atoms with Gasteiger partial charge >= 0.3 is 6.18 Å². The van der Waals surface area contributed by atoms with Crippen LogP contribution in [0.3, 0.4) is 0 Å². The first-order valence-corrected chi connectivity index (χ1v) is 7.22. The van der Waals surface area contributed by atoms with Crippen LogP contribution < -0.4 is 0 Å². The second-order valence-electron chi connectivity index (χ2n) is 4.83. The van der Waals surface area contributed by atoms with Gasteiger partial charge in [-0.3, -0.25) is 0 Å². The van der Waals surface area contributed by atoms with Crippen LogP contribution in [0.15, 0.2) is 53.0 Å². The predicted octanol–water partition coefficient (Wildman–Crippen LogP) is 4.79. The summed E-state index contributed by atoms with van der Waals surface area (Å²) in [5.74, 6) is -0.130. The van der Waals surface area contributed by atoms with Crippen LogP contribution in [0.2, 0.25) is 0 Å². The average molecular weight is 359 g/mol. The summed E-state index contributed by atoms with van der Waals surface area (Å²) in [6.45, 7) is -0.0529. The maximum atomic E-state index is 12.5. The van der Waals surface area contributed by atoms with Crippen LogP contribution >= 0.6 is 15.9 Å². The number of hydrogen-bond donors (Lipinski definition) is 1. The first kappa shape index (κ1) is 16.0. The molecule has 2 aromatic rings. The van der Waals surface area contributed by atoms with Crippen LogP contribution in [0, 0.1) is 0 Å². The smallest absolute Gasteiger partial charge is 0.396 e. The molecule has 112 valence electrons. The Labute approximate surface area is 129 Å². The van der Waals surface area contributed by atoms with Gasteiger partial charge in [-0.15, -0.1) is 0 Å². The summed E-state index contributed by atoms with van der Waals surface area (Å²) in [6, 6.07) is 12.6. The molecule has 0 radical (unpaired) electrons. The lowest BCUT2D eigenvalue weighted by Crippen LogP contribution is -2.09. The van der Waals surface area contributed by atoms with E-state index in [0.717, 1.165) is 27.7 Å². The van der Waals surface area contributed by atoms with Crippen molar-refractivity contribution < 1.29 is 18.3 Å². The second-order valence-corrected chi connectivity index (χ2v) is 5.75. The van der Waals surface area contributed by atoms with Gasteiger partial charge in [0.1, 0.15) is 0 Å². The third kappa shape index (κ3) is 4.32. The van der Waals surface area contributed by atoms with E-state index in [1.165, 1.54) is 12.1 Å². The molecule has 5 heteroatoms. The first-order valence-electron chi connectivity index (χ1n) is 6.42. The average Bonchev–Trinajstić information content (AvgIpc) is 2.45. The van der Waals surface area contributed by atoms with Crippen LogP contribution in [0.25, 0.3) is 0 Å². The zero-order valence-electron chi connectivity index (χ0n) is 11.1.